The van der Waals surface area contributed by atoms with Gasteiger partial charge in [0, 0.05) is 18.6 Å². The van der Waals surface area contributed by atoms with E-state index in [0.29, 0.717) is 12.1 Å². The highest BCUT2D eigenvalue weighted by Gasteiger charge is 2.19. The molecule has 1 saturated heterocycles. The fraction of sp³-hybridized carbons (Fsp3) is 0.625. The zero-order chi connectivity index (χ0) is 13.7. The second-order valence-corrected chi connectivity index (χ2v) is 5.72. The number of hydrogen-bond acceptors (Lipinski definition) is 3. The fourth-order valence-corrected chi connectivity index (χ4v) is 2.72. The predicted molar refractivity (Wildman–Crippen MR) is 79.6 cm³/mol. The predicted octanol–water partition coefficient (Wildman–Crippen LogP) is 2.66. The Hall–Kier alpha value is -1.06. The van der Waals surface area contributed by atoms with E-state index in [1.54, 1.807) is 7.11 Å². The first kappa shape index (κ1) is 14.4. The summed E-state index contributed by atoms with van der Waals surface area (Å²) in [5.41, 5.74) is 1.37. The SMILES string of the molecule is COc1ccc(CN2CCC(NC(C)C)CC2)cc1. The van der Waals surface area contributed by atoms with Gasteiger partial charge in [-0.05, 0) is 43.6 Å². The standard InChI is InChI=1S/C16H26N2O/c1-13(2)17-15-8-10-18(11-9-15)12-14-4-6-16(19-3)7-5-14/h4-7,13,15,17H,8-12H2,1-3H3. The lowest BCUT2D eigenvalue weighted by molar-refractivity contribution is 0.186. The summed E-state index contributed by atoms with van der Waals surface area (Å²) in [4.78, 5) is 2.54. The molecule has 0 saturated carbocycles. The van der Waals surface area contributed by atoms with Crippen molar-refractivity contribution in [2.75, 3.05) is 20.2 Å². The van der Waals surface area contributed by atoms with Crippen LogP contribution >= 0.6 is 0 Å². The molecule has 1 N–H and O–H groups in total. The maximum Gasteiger partial charge on any atom is 0.118 e. The van der Waals surface area contributed by atoms with Gasteiger partial charge >= 0.3 is 0 Å². The number of hydrogen-bond donors (Lipinski definition) is 1. The third kappa shape index (κ3) is 4.51. The van der Waals surface area contributed by atoms with Crippen molar-refractivity contribution < 1.29 is 4.74 Å². The van der Waals surface area contributed by atoms with Crippen LogP contribution in [-0.4, -0.2) is 37.2 Å². The molecule has 1 fully saturated rings. The molecule has 3 nitrogen and oxygen atoms in total. The van der Waals surface area contributed by atoms with Crippen LogP contribution in [0.25, 0.3) is 0 Å². The molecule has 0 radical (unpaired) electrons. The van der Waals surface area contributed by atoms with Crippen molar-refractivity contribution in [2.45, 2.75) is 45.3 Å². The summed E-state index contributed by atoms with van der Waals surface area (Å²) in [5, 5.41) is 3.64. The highest BCUT2D eigenvalue weighted by atomic mass is 16.5. The smallest absolute Gasteiger partial charge is 0.118 e. The Labute approximate surface area is 116 Å². The van der Waals surface area contributed by atoms with E-state index >= 15 is 0 Å². The van der Waals surface area contributed by atoms with Crippen LogP contribution in [0.4, 0.5) is 0 Å². The van der Waals surface area contributed by atoms with Gasteiger partial charge in [0.25, 0.3) is 0 Å². The molecule has 1 aliphatic rings. The zero-order valence-corrected chi connectivity index (χ0v) is 12.4. The summed E-state index contributed by atoms with van der Waals surface area (Å²) in [6.45, 7) is 7.89. The van der Waals surface area contributed by atoms with Crippen molar-refractivity contribution >= 4 is 0 Å². The molecule has 1 aromatic rings. The third-order valence-corrected chi connectivity index (χ3v) is 3.72. The number of methoxy groups -OCH3 is 1. The van der Waals surface area contributed by atoms with Gasteiger partial charge in [-0.1, -0.05) is 26.0 Å². The Morgan fingerprint density at radius 1 is 1.21 bits per heavy atom. The number of likely N-dealkylation sites (tertiary alicyclic amines) is 1. The van der Waals surface area contributed by atoms with E-state index in [1.165, 1.54) is 31.5 Å². The minimum absolute atomic E-state index is 0.595. The summed E-state index contributed by atoms with van der Waals surface area (Å²) in [6.07, 6.45) is 2.52. The Morgan fingerprint density at radius 3 is 2.37 bits per heavy atom. The second kappa shape index (κ2) is 6.92. The van der Waals surface area contributed by atoms with Crippen molar-refractivity contribution in [3.05, 3.63) is 29.8 Å². The molecule has 3 heteroatoms. The van der Waals surface area contributed by atoms with Crippen LogP contribution in [0.1, 0.15) is 32.3 Å². The molecule has 1 aromatic carbocycles. The number of ether oxygens (including phenoxy) is 1. The molecule has 0 spiro atoms. The monoisotopic (exact) mass is 262 g/mol. The molecular formula is C16H26N2O. The molecule has 1 heterocycles. The van der Waals surface area contributed by atoms with Crippen molar-refractivity contribution in [3.8, 4) is 5.75 Å². The van der Waals surface area contributed by atoms with Crippen LogP contribution in [0.5, 0.6) is 5.75 Å². The Kier molecular flexibility index (Phi) is 5.23. The van der Waals surface area contributed by atoms with Gasteiger partial charge in [0.2, 0.25) is 0 Å². The molecule has 106 valence electrons. The average Bonchev–Trinajstić information content (AvgIpc) is 2.41. The van der Waals surface area contributed by atoms with Gasteiger partial charge in [0.1, 0.15) is 5.75 Å². The number of benzene rings is 1. The van der Waals surface area contributed by atoms with Crippen LogP contribution in [-0.2, 0) is 6.54 Å². The van der Waals surface area contributed by atoms with Crippen LogP contribution in [0.2, 0.25) is 0 Å². The summed E-state index contributed by atoms with van der Waals surface area (Å²) in [7, 11) is 1.71. The lowest BCUT2D eigenvalue weighted by atomic mass is 10.0. The second-order valence-electron chi connectivity index (χ2n) is 5.72. The largest absolute Gasteiger partial charge is 0.497 e. The van der Waals surface area contributed by atoms with Crippen LogP contribution < -0.4 is 10.1 Å². The Morgan fingerprint density at radius 2 is 1.84 bits per heavy atom. The van der Waals surface area contributed by atoms with Crippen molar-refractivity contribution in [1.82, 2.24) is 10.2 Å². The fourth-order valence-electron chi connectivity index (χ4n) is 2.72. The van der Waals surface area contributed by atoms with E-state index in [2.05, 4.69) is 36.2 Å². The van der Waals surface area contributed by atoms with Crippen LogP contribution in [0.15, 0.2) is 24.3 Å². The summed E-state index contributed by atoms with van der Waals surface area (Å²) in [5.74, 6) is 0.934. The Bertz CT molecular complexity index is 367. The number of piperidine rings is 1. The Balaban J connectivity index is 1.78. The minimum atomic E-state index is 0.595. The normalized spacial score (nSPS) is 17.9. The van der Waals surface area contributed by atoms with Crippen molar-refractivity contribution in [3.63, 3.8) is 0 Å². The highest BCUT2D eigenvalue weighted by molar-refractivity contribution is 5.27. The summed E-state index contributed by atoms with van der Waals surface area (Å²) in [6, 6.07) is 9.71. The molecule has 0 unspecified atom stereocenters. The number of rotatable bonds is 5. The van der Waals surface area contributed by atoms with E-state index in [4.69, 9.17) is 4.74 Å². The van der Waals surface area contributed by atoms with Crippen LogP contribution in [0.3, 0.4) is 0 Å². The maximum absolute atomic E-state index is 5.19. The van der Waals surface area contributed by atoms with Crippen molar-refractivity contribution in [1.29, 1.82) is 0 Å². The van der Waals surface area contributed by atoms with Gasteiger partial charge in [0.15, 0.2) is 0 Å². The van der Waals surface area contributed by atoms with E-state index in [9.17, 15) is 0 Å². The summed E-state index contributed by atoms with van der Waals surface area (Å²) >= 11 is 0. The molecule has 0 atom stereocenters. The van der Waals surface area contributed by atoms with Gasteiger partial charge in [-0.15, -0.1) is 0 Å². The molecule has 0 bridgehead atoms. The molecule has 0 aliphatic carbocycles. The van der Waals surface area contributed by atoms with Gasteiger partial charge in [-0.3, -0.25) is 4.90 Å². The molecule has 0 amide bonds. The lowest BCUT2D eigenvalue weighted by Gasteiger charge is -2.33. The number of nitrogens with zero attached hydrogens (tertiary/aromatic N) is 1. The lowest BCUT2D eigenvalue weighted by Crippen LogP contribution is -2.44. The first-order chi connectivity index (χ1) is 9.17. The van der Waals surface area contributed by atoms with Gasteiger partial charge < -0.3 is 10.1 Å². The molecule has 19 heavy (non-hydrogen) atoms. The van der Waals surface area contributed by atoms with E-state index in [1.807, 2.05) is 12.1 Å². The average molecular weight is 262 g/mol. The summed E-state index contributed by atoms with van der Waals surface area (Å²) < 4.78 is 5.19. The highest BCUT2D eigenvalue weighted by Crippen LogP contribution is 2.16. The van der Waals surface area contributed by atoms with E-state index in [-0.39, 0.29) is 0 Å². The third-order valence-electron chi connectivity index (χ3n) is 3.72. The zero-order valence-electron chi connectivity index (χ0n) is 12.4. The first-order valence-corrected chi connectivity index (χ1v) is 7.28. The van der Waals surface area contributed by atoms with E-state index in [0.717, 1.165) is 12.3 Å². The first-order valence-electron chi connectivity index (χ1n) is 7.28. The molecule has 1 aliphatic heterocycles. The minimum Gasteiger partial charge on any atom is -0.497 e. The van der Waals surface area contributed by atoms with Gasteiger partial charge in [-0.2, -0.15) is 0 Å². The number of nitrogens with one attached hydrogen (secondary N) is 1. The molecule has 2 rings (SSSR count). The quantitative estimate of drug-likeness (QED) is 0.883. The van der Waals surface area contributed by atoms with Crippen molar-refractivity contribution in [2.24, 2.45) is 0 Å². The molecule has 0 aromatic heterocycles. The van der Waals surface area contributed by atoms with Gasteiger partial charge in [0.05, 0.1) is 7.11 Å². The van der Waals surface area contributed by atoms with Crippen LogP contribution in [0, 0.1) is 0 Å². The maximum atomic E-state index is 5.19. The van der Waals surface area contributed by atoms with Gasteiger partial charge in [-0.25, -0.2) is 0 Å². The van der Waals surface area contributed by atoms with E-state index < -0.39 is 0 Å². The topological polar surface area (TPSA) is 24.5 Å². The molecular weight excluding hydrogens is 236 g/mol.